The van der Waals surface area contributed by atoms with E-state index in [0.717, 1.165) is 0 Å². The van der Waals surface area contributed by atoms with Gasteiger partial charge in [-0.25, -0.2) is 0 Å². The molecule has 0 spiro atoms. The topological polar surface area (TPSA) is 90.7 Å². The molecule has 0 aliphatic carbocycles. The van der Waals surface area contributed by atoms with Gasteiger partial charge in [-0.15, -0.1) is 0 Å². The number of nitro benzene ring substituents is 1. The van der Waals surface area contributed by atoms with Crippen LogP contribution in [0, 0.1) is 10.1 Å². The lowest BCUT2D eigenvalue weighted by atomic mass is 10.1. The SMILES string of the molecule is O=C(/C=C/c1cc([N+](=O)[O-])cc2c1OCOC2)Nc1ccccc1Cl. The molecular formula is C17H13ClN2O5. The zero-order valence-electron chi connectivity index (χ0n) is 12.9. The molecule has 3 rings (SSSR count). The molecule has 7 nitrogen and oxygen atoms in total. The molecule has 1 N–H and O–H groups in total. The van der Waals surface area contributed by atoms with Crippen molar-refractivity contribution in [2.24, 2.45) is 0 Å². The lowest BCUT2D eigenvalue weighted by molar-refractivity contribution is -0.385. The number of benzene rings is 2. The van der Waals surface area contributed by atoms with E-state index in [0.29, 0.717) is 27.6 Å². The van der Waals surface area contributed by atoms with Crippen molar-refractivity contribution in [3.8, 4) is 5.75 Å². The summed E-state index contributed by atoms with van der Waals surface area (Å²) in [6.45, 7) is 0.265. The number of amides is 1. The van der Waals surface area contributed by atoms with Crippen molar-refractivity contribution >= 4 is 35.0 Å². The maximum Gasteiger partial charge on any atom is 0.270 e. The highest BCUT2D eigenvalue weighted by molar-refractivity contribution is 6.33. The molecule has 8 heteroatoms. The highest BCUT2D eigenvalue weighted by atomic mass is 35.5. The Morgan fingerprint density at radius 3 is 2.88 bits per heavy atom. The fourth-order valence-corrected chi connectivity index (χ4v) is 2.55. The standard InChI is InChI=1S/C17H13ClN2O5/c18-14-3-1-2-4-15(14)19-16(21)6-5-11-7-13(20(22)23)8-12-9-24-10-25-17(11)12/h1-8H,9-10H2,(H,19,21)/b6-5+. The fraction of sp³-hybridized carbons (Fsp3) is 0.118. The fourth-order valence-electron chi connectivity index (χ4n) is 2.36. The van der Waals surface area contributed by atoms with Crippen LogP contribution in [0.2, 0.25) is 5.02 Å². The molecule has 128 valence electrons. The summed E-state index contributed by atoms with van der Waals surface area (Å²) in [7, 11) is 0. The number of nitrogens with one attached hydrogen (secondary N) is 1. The van der Waals surface area contributed by atoms with Gasteiger partial charge in [-0.3, -0.25) is 14.9 Å². The summed E-state index contributed by atoms with van der Waals surface area (Å²) in [4.78, 5) is 22.6. The van der Waals surface area contributed by atoms with Crippen LogP contribution < -0.4 is 10.1 Å². The van der Waals surface area contributed by atoms with Crippen LogP contribution in [0.5, 0.6) is 5.75 Å². The molecule has 1 heterocycles. The van der Waals surface area contributed by atoms with E-state index in [9.17, 15) is 14.9 Å². The predicted molar refractivity (Wildman–Crippen MR) is 92.5 cm³/mol. The molecule has 1 amide bonds. The van der Waals surface area contributed by atoms with Gasteiger partial charge in [0, 0.05) is 29.3 Å². The van der Waals surface area contributed by atoms with Crippen molar-refractivity contribution < 1.29 is 19.2 Å². The predicted octanol–water partition coefficient (Wildman–Crippen LogP) is 3.77. The number of anilines is 1. The Morgan fingerprint density at radius 2 is 2.12 bits per heavy atom. The van der Waals surface area contributed by atoms with Crippen LogP contribution in [0.3, 0.4) is 0 Å². The first-order valence-corrected chi connectivity index (χ1v) is 7.68. The van der Waals surface area contributed by atoms with E-state index in [1.54, 1.807) is 24.3 Å². The first-order chi connectivity index (χ1) is 12.0. The number of ether oxygens (including phenoxy) is 2. The smallest absolute Gasteiger partial charge is 0.270 e. The van der Waals surface area contributed by atoms with E-state index in [1.807, 2.05) is 0 Å². The molecule has 0 radical (unpaired) electrons. The Morgan fingerprint density at radius 1 is 1.32 bits per heavy atom. The molecular weight excluding hydrogens is 348 g/mol. The van der Waals surface area contributed by atoms with Crippen LogP contribution in [0.1, 0.15) is 11.1 Å². The normalized spacial score (nSPS) is 13.2. The summed E-state index contributed by atoms with van der Waals surface area (Å²) in [5.74, 6) is 0.0547. The summed E-state index contributed by atoms with van der Waals surface area (Å²) >= 11 is 5.99. The number of para-hydroxylation sites is 1. The zero-order valence-corrected chi connectivity index (χ0v) is 13.7. The third kappa shape index (κ3) is 3.96. The Bertz CT molecular complexity index is 866. The highest BCUT2D eigenvalue weighted by Gasteiger charge is 2.19. The molecule has 0 unspecified atom stereocenters. The molecule has 2 aromatic carbocycles. The largest absolute Gasteiger partial charge is 0.467 e. The number of nitrogens with zero attached hydrogens (tertiary/aromatic N) is 1. The van der Waals surface area contributed by atoms with Crippen molar-refractivity contribution in [1.29, 1.82) is 0 Å². The average Bonchev–Trinajstić information content (AvgIpc) is 2.61. The molecule has 1 aliphatic rings. The quantitative estimate of drug-likeness (QED) is 0.509. The molecule has 0 aromatic heterocycles. The summed E-state index contributed by atoms with van der Waals surface area (Å²) in [5, 5.41) is 14.1. The Hall–Kier alpha value is -2.90. The van der Waals surface area contributed by atoms with Crippen LogP contribution in [-0.4, -0.2) is 17.6 Å². The van der Waals surface area contributed by atoms with Gasteiger partial charge < -0.3 is 14.8 Å². The van der Waals surface area contributed by atoms with E-state index in [-0.39, 0.29) is 19.1 Å². The monoisotopic (exact) mass is 360 g/mol. The second-order valence-electron chi connectivity index (χ2n) is 5.19. The van der Waals surface area contributed by atoms with Crippen LogP contribution in [-0.2, 0) is 16.1 Å². The lowest BCUT2D eigenvalue weighted by Crippen LogP contribution is -2.13. The van der Waals surface area contributed by atoms with Gasteiger partial charge in [0.25, 0.3) is 5.69 Å². The number of carbonyl (C=O) groups is 1. The van der Waals surface area contributed by atoms with E-state index in [4.69, 9.17) is 21.1 Å². The van der Waals surface area contributed by atoms with Crippen molar-refractivity contribution in [2.75, 3.05) is 12.1 Å². The number of hydrogen-bond acceptors (Lipinski definition) is 5. The van der Waals surface area contributed by atoms with Crippen LogP contribution >= 0.6 is 11.6 Å². The van der Waals surface area contributed by atoms with Crippen LogP contribution in [0.25, 0.3) is 6.08 Å². The first kappa shape index (κ1) is 16.9. The minimum Gasteiger partial charge on any atom is -0.467 e. The van der Waals surface area contributed by atoms with Crippen molar-refractivity contribution in [1.82, 2.24) is 0 Å². The van der Waals surface area contributed by atoms with Gasteiger partial charge in [-0.05, 0) is 18.2 Å². The summed E-state index contributed by atoms with van der Waals surface area (Å²) in [5.41, 5.74) is 1.37. The summed E-state index contributed by atoms with van der Waals surface area (Å²) in [6, 6.07) is 9.58. The maximum absolute atomic E-state index is 12.1. The molecule has 1 aliphatic heterocycles. The minimum atomic E-state index is -0.504. The first-order valence-electron chi connectivity index (χ1n) is 7.30. The minimum absolute atomic E-state index is 0.0530. The number of hydrogen-bond donors (Lipinski definition) is 1. The summed E-state index contributed by atoms with van der Waals surface area (Å²) < 4.78 is 10.6. The number of halogens is 1. The highest BCUT2D eigenvalue weighted by Crippen LogP contribution is 2.33. The number of carbonyl (C=O) groups excluding carboxylic acids is 1. The van der Waals surface area contributed by atoms with Gasteiger partial charge in [0.2, 0.25) is 5.91 Å². The molecule has 0 atom stereocenters. The molecule has 25 heavy (non-hydrogen) atoms. The number of non-ortho nitro benzene ring substituents is 1. The van der Waals surface area contributed by atoms with E-state index in [1.165, 1.54) is 24.3 Å². The number of fused-ring (bicyclic) bond motifs is 1. The second-order valence-corrected chi connectivity index (χ2v) is 5.60. The second kappa shape index (κ2) is 7.33. The van der Waals surface area contributed by atoms with Gasteiger partial charge in [0.1, 0.15) is 5.75 Å². The number of nitro groups is 1. The van der Waals surface area contributed by atoms with E-state index >= 15 is 0 Å². The Labute approximate surface area is 148 Å². The molecule has 2 aromatic rings. The summed E-state index contributed by atoms with van der Waals surface area (Å²) in [6.07, 6.45) is 2.73. The van der Waals surface area contributed by atoms with Gasteiger partial charge in [0.15, 0.2) is 6.79 Å². The van der Waals surface area contributed by atoms with E-state index < -0.39 is 10.8 Å². The van der Waals surface area contributed by atoms with Gasteiger partial charge >= 0.3 is 0 Å². The van der Waals surface area contributed by atoms with Gasteiger partial charge in [0.05, 0.1) is 22.2 Å². The van der Waals surface area contributed by atoms with E-state index in [2.05, 4.69) is 5.32 Å². The third-order valence-corrected chi connectivity index (χ3v) is 3.81. The van der Waals surface area contributed by atoms with Crippen molar-refractivity contribution in [3.63, 3.8) is 0 Å². The van der Waals surface area contributed by atoms with Crippen LogP contribution in [0.15, 0.2) is 42.5 Å². The third-order valence-electron chi connectivity index (χ3n) is 3.48. The lowest BCUT2D eigenvalue weighted by Gasteiger charge is -2.19. The maximum atomic E-state index is 12.1. The molecule has 0 bridgehead atoms. The van der Waals surface area contributed by atoms with Crippen LogP contribution in [0.4, 0.5) is 11.4 Å². The Balaban J connectivity index is 1.85. The van der Waals surface area contributed by atoms with Crippen molar-refractivity contribution in [3.05, 3.63) is 68.7 Å². The number of rotatable bonds is 4. The molecule has 0 saturated heterocycles. The average molecular weight is 361 g/mol. The van der Waals surface area contributed by atoms with Gasteiger partial charge in [-0.2, -0.15) is 0 Å². The van der Waals surface area contributed by atoms with Crippen molar-refractivity contribution in [2.45, 2.75) is 6.61 Å². The molecule has 0 saturated carbocycles. The van der Waals surface area contributed by atoms with Gasteiger partial charge in [-0.1, -0.05) is 23.7 Å². The molecule has 0 fully saturated rings. The Kier molecular flexibility index (Phi) is 4.97. The zero-order chi connectivity index (χ0) is 17.8.